The van der Waals surface area contributed by atoms with E-state index in [1.54, 1.807) is 0 Å². The minimum Gasteiger partial charge on any atom is -0.365 e. The molecule has 0 saturated carbocycles. The van der Waals surface area contributed by atoms with Gasteiger partial charge in [-0.3, -0.25) is 9.59 Å². The third kappa shape index (κ3) is 3.05. The van der Waals surface area contributed by atoms with Crippen molar-refractivity contribution in [1.82, 2.24) is 4.98 Å². The predicted molar refractivity (Wildman–Crippen MR) is 64.9 cm³/mol. The van der Waals surface area contributed by atoms with Gasteiger partial charge in [0.2, 0.25) is 0 Å². The molecule has 6 nitrogen and oxygen atoms in total. The number of halogens is 1. The van der Waals surface area contributed by atoms with Crippen molar-refractivity contribution in [3.8, 4) is 0 Å². The summed E-state index contributed by atoms with van der Waals surface area (Å²) in [5, 5.41) is 2.38. The first-order valence-corrected chi connectivity index (χ1v) is 5.89. The molecule has 2 heterocycles. The third-order valence-electron chi connectivity index (χ3n) is 2.89. The Balaban J connectivity index is 2.12. The van der Waals surface area contributed by atoms with E-state index >= 15 is 0 Å². The second-order valence-electron chi connectivity index (χ2n) is 4.42. The van der Waals surface area contributed by atoms with Crippen LogP contribution < -0.4 is 11.1 Å². The fraction of sp³-hybridized carbons (Fsp3) is 0.417. The number of primary amides is 1. The maximum atomic E-state index is 13.5. The van der Waals surface area contributed by atoms with E-state index in [4.69, 9.17) is 10.5 Å². The lowest BCUT2D eigenvalue weighted by Gasteiger charge is -2.12. The number of carbonyl (C=O) groups excluding carboxylic acids is 2. The Kier molecular flexibility index (Phi) is 3.75. The zero-order valence-corrected chi connectivity index (χ0v) is 10.4. The normalized spacial score (nSPS) is 22.2. The van der Waals surface area contributed by atoms with Gasteiger partial charge in [-0.1, -0.05) is 0 Å². The molecule has 2 amide bonds. The van der Waals surface area contributed by atoms with Gasteiger partial charge in [-0.2, -0.15) is 0 Å². The summed E-state index contributed by atoms with van der Waals surface area (Å²) in [5.74, 6) is -1.96. The quantitative estimate of drug-likeness (QED) is 0.847. The van der Waals surface area contributed by atoms with E-state index in [2.05, 4.69) is 10.3 Å². The highest BCUT2D eigenvalue weighted by Gasteiger charge is 2.28. The van der Waals surface area contributed by atoms with Crippen molar-refractivity contribution in [2.45, 2.75) is 32.0 Å². The van der Waals surface area contributed by atoms with Gasteiger partial charge in [0.15, 0.2) is 5.82 Å². The molecule has 1 aromatic rings. The first-order valence-electron chi connectivity index (χ1n) is 5.89. The molecular formula is C12H14FN3O3. The van der Waals surface area contributed by atoms with Crippen LogP contribution in [0.4, 0.5) is 10.1 Å². The summed E-state index contributed by atoms with van der Waals surface area (Å²) in [7, 11) is 0. The highest BCUT2D eigenvalue weighted by Crippen LogP contribution is 2.21. The van der Waals surface area contributed by atoms with E-state index in [1.807, 2.05) is 6.92 Å². The van der Waals surface area contributed by atoms with Gasteiger partial charge in [0.25, 0.3) is 11.8 Å². The summed E-state index contributed by atoms with van der Waals surface area (Å²) < 4.78 is 18.9. The van der Waals surface area contributed by atoms with E-state index in [9.17, 15) is 14.0 Å². The van der Waals surface area contributed by atoms with Gasteiger partial charge < -0.3 is 15.8 Å². The average Bonchev–Trinajstić information content (AvgIpc) is 2.78. The van der Waals surface area contributed by atoms with Crippen LogP contribution in [0.3, 0.4) is 0 Å². The van der Waals surface area contributed by atoms with Crippen molar-refractivity contribution < 1.29 is 18.7 Å². The minimum atomic E-state index is -0.791. The maximum absolute atomic E-state index is 13.5. The molecule has 1 aliphatic heterocycles. The summed E-state index contributed by atoms with van der Waals surface area (Å²) >= 11 is 0. The third-order valence-corrected chi connectivity index (χ3v) is 2.89. The van der Waals surface area contributed by atoms with Gasteiger partial charge in [0.05, 0.1) is 18.0 Å². The number of ether oxygens (including phenoxy) is 1. The molecule has 0 bridgehead atoms. The van der Waals surface area contributed by atoms with Crippen LogP contribution in [0.25, 0.3) is 0 Å². The highest BCUT2D eigenvalue weighted by molar-refractivity contribution is 5.96. The molecule has 0 spiro atoms. The molecule has 1 fully saturated rings. The summed E-state index contributed by atoms with van der Waals surface area (Å²) in [5.41, 5.74) is 4.80. The maximum Gasteiger partial charge on any atom is 0.267 e. The first kappa shape index (κ1) is 13.4. The number of nitrogens with two attached hydrogens (primary N) is 1. The molecule has 102 valence electrons. The fourth-order valence-corrected chi connectivity index (χ4v) is 1.88. The van der Waals surface area contributed by atoms with E-state index < -0.39 is 23.7 Å². The minimum absolute atomic E-state index is 0.0132. The number of amides is 2. The van der Waals surface area contributed by atoms with Gasteiger partial charge in [-0.25, -0.2) is 9.37 Å². The first-order chi connectivity index (χ1) is 8.97. The molecule has 2 unspecified atom stereocenters. The van der Waals surface area contributed by atoms with Crippen molar-refractivity contribution in [2.75, 3.05) is 5.32 Å². The standard InChI is InChI=1S/C12H14FN3O3/c1-6-2-3-10(19-6)12(18)16-8-4-9(11(14)17)15-5-7(8)13/h4-6,10H,2-3H2,1H3,(H2,14,17)(H,15,16,18). The molecule has 0 aromatic carbocycles. The SMILES string of the molecule is CC1CCC(C(=O)Nc2cc(C(N)=O)ncc2F)O1. The lowest BCUT2D eigenvalue weighted by Crippen LogP contribution is -2.28. The summed E-state index contributed by atoms with van der Waals surface area (Å²) in [4.78, 5) is 26.3. The number of nitrogens with one attached hydrogen (secondary N) is 1. The monoisotopic (exact) mass is 267 g/mol. The lowest BCUT2D eigenvalue weighted by molar-refractivity contribution is -0.126. The average molecular weight is 267 g/mol. The van der Waals surface area contributed by atoms with Gasteiger partial charge in [0, 0.05) is 0 Å². The number of aromatic nitrogens is 1. The van der Waals surface area contributed by atoms with E-state index in [-0.39, 0.29) is 17.5 Å². The largest absolute Gasteiger partial charge is 0.365 e. The highest BCUT2D eigenvalue weighted by atomic mass is 19.1. The van der Waals surface area contributed by atoms with Crippen molar-refractivity contribution in [2.24, 2.45) is 5.73 Å². The Hall–Kier alpha value is -2.02. The van der Waals surface area contributed by atoms with Crippen LogP contribution in [-0.4, -0.2) is 29.0 Å². The lowest BCUT2D eigenvalue weighted by atomic mass is 10.2. The molecule has 0 aliphatic carbocycles. The van der Waals surface area contributed by atoms with E-state index in [0.29, 0.717) is 6.42 Å². The van der Waals surface area contributed by atoms with Crippen molar-refractivity contribution >= 4 is 17.5 Å². The van der Waals surface area contributed by atoms with Crippen molar-refractivity contribution in [1.29, 1.82) is 0 Å². The predicted octanol–water partition coefficient (Wildman–Crippen LogP) is 0.826. The number of hydrogen-bond acceptors (Lipinski definition) is 4. The number of rotatable bonds is 3. The molecule has 2 rings (SSSR count). The molecule has 1 aromatic heterocycles. The number of hydrogen-bond donors (Lipinski definition) is 2. The summed E-state index contributed by atoms with van der Waals surface area (Å²) in [6, 6.07) is 1.11. The number of nitrogens with zero attached hydrogens (tertiary/aromatic N) is 1. The molecule has 1 aliphatic rings. The molecule has 1 saturated heterocycles. The van der Waals surface area contributed by atoms with Gasteiger partial charge in [-0.15, -0.1) is 0 Å². The molecule has 19 heavy (non-hydrogen) atoms. The summed E-state index contributed by atoms with van der Waals surface area (Å²) in [6.45, 7) is 1.87. The van der Waals surface area contributed by atoms with Crippen LogP contribution in [0.1, 0.15) is 30.3 Å². The topological polar surface area (TPSA) is 94.3 Å². The second kappa shape index (κ2) is 5.31. The number of carbonyl (C=O) groups is 2. The summed E-state index contributed by atoms with van der Waals surface area (Å²) in [6.07, 6.45) is 1.62. The molecular weight excluding hydrogens is 253 g/mol. The van der Waals surface area contributed by atoms with Gasteiger partial charge in [-0.05, 0) is 25.8 Å². The molecule has 3 N–H and O–H groups in total. The Bertz CT molecular complexity index is 521. The van der Waals surface area contributed by atoms with Gasteiger partial charge in [0.1, 0.15) is 11.8 Å². The Labute approximate surface area is 109 Å². The molecule has 0 radical (unpaired) electrons. The molecule has 7 heteroatoms. The van der Waals surface area contributed by atoms with Crippen molar-refractivity contribution in [3.05, 3.63) is 23.8 Å². The van der Waals surface area contributed by atoms with Crippen LogP contribution in [0.5, 0.6) is 0 Å². The molecule has 2 atom stereocenters. The van der Waals surface area contributed by atoms with Crippen LogP contribution in [0, 0.1) is 5.82 Å². The zero-order chi connectivity index (χ0) is 14.0. The Morgan fingerprint density at radius 2 is 2.26 bits per heavy atom. The Morgan fingerprint density at radius 3 is 2.84 bits per heavy atom. The number of anilines is 1. The fourth-order valence-electron chi connectivity index (χ4n) is 1.88. The zero-order valence-electron chi connectivity index (χ0n) is 10.4. The van der Waals surface area contributed by atoms with Crippen LogP contribution in [0.15, 0.2) is 12.3 Å². The van der Waals surface area contributed by atoms with Crippen molar-refractivity contribution in [3.63, 3.8) is 0 Å². The van der Waals surface area contributed by atoms with Crippen LogP contribution in [0.2, 0.25) is 0 Å². The van der Waals surface area contributed by atoms with Crippen LogP contribution in [-0.2, 0) is 9.53 Å². The van der Waals surface area contributed by atoms with E-state index in [0.717, 1.165) is 18.7 Å². The van der Waals surface area contributed by atoms with E-state index in [1.165, 1.54) is 0 Å². The Morgan fingerprint density at radius 1 is 1.53 bits per heavy atom. The van der Waals surface area contributed by atoms with Gasteiger partial charge >= 0.3 is 0 Å². The second-order valence-corrected chi connectivity index (χ2v) is 4.42. The smallest absolute Gasteiger partial charge is 0.267 e. The van der Waals surface area contributed by atoms with Crippen LogP contribution >= 0.6 is 0 Å². The number of pyridine rings is 1.